The summed E-state index contributed by atoms with van der Waals surface area (Å²) in [6, 6.07) is 6.80. The molecule has 102 valence electrons. The third-order valence-electron chi connectivity index (χ3n) is 3.95. The van der Waals surface area contributed by atoms with E-state index >= 15 is 0 Å². The fourth-order valence-corrected chi connectivity index (χ4v) is 4.06. The Morgan fingerprint density at radius 3 is 2.89 bits per heavy atom. The Balaban J connectivity index is 2.08. The van der Waals surface area contributed by atoms with Gasteiger partial charge in [0.2, 0.25) is 0 Å². The SMILES string of the molecule is CC1CCN(C2=NS(=O)(=O)c3ccccc32)C1CO. The van der Waals surface area contributed by atoms with Gasteiger partial charge in [0.05, 0.1) is 12.6 Å². The van der Waals surface area contributed by atoms with Crippen molar-refractivity contribution in [1.82, 2.24) is 4.90 Å². The third kappa shape index (κ3) is 1.86. The molecule has 1 N–H and O–H groups in total. The Labute approximate surface area is 112 Å². The topological polar surface area (TPSA) is 70.0 Å². The maximum absolute atomic E-state index is 12.0. The van der Waals surface area contributed by atoms with Crippen molar-refractivity contribution in [2.45, 2.75) is 24.3 Å². The number of fused-ring (bicyclic) bond motifs is 1. The van der Waals surface area contributed by atoms with Crippen LogP contribution in [0.1, 0.15) is 18.9 Å². The quantitative estimate of drug-likeness (QED) is 0.827. The molecule has 2 aliphatic rings. The number of nitrogens with zero attached hydrogens (tertiary/aromatic N) is 2. The molecule has 6 heteroatoms. The minimum absolute atomic E-state index is 0.0163. The highest BCUT2D eigenvalue weighted by molar-refractivity contribution is 7.90. The van der Waals surface area contributed by atoms with Gasteiger partial charge in [-0.25, -0.2) is 0 Å². The summed E-state index contributed by atoms with van der Waals surface area (Å²) in [6.07, 6.45) is 0.937. The van der Waals surface area contributed by atoms with Crippen LogP contribution in [-0.4, -0.2) is 43.5 Å². The number of aliphatic hydroxyl groups excluding tert-OH is 1. The van der Waals surface area contributed by atoms with Crippen molar-refractivity contribution in [3.05, 3.63) is 29.8 Å². The molecular weight excluding hydrogens is 264 g/mol. The highest BCUT2D eigenvalue weighted by Crippen LogP contribution is 2.32. The molecule has 0 aliphatic carbocycles. The van der Waals surface area contributed by atoms with E-state index in [4.69, 9.17) is 0 Å². The first-order chi connectivity index (χ1) is 9.04. The summed E-state index contributed by atoms with van der Waals surface area (Å²) in [5.74, 6) is 0.821. The number of rotatable bonds is 1. The fraction of sp³-hybridized carbons (Fsp3) is 0.462. The Bertz CT molecular complexity index is 639. The lowest BCUT2D eigenvalue weighted by molar-refractivity contribution is 0.186. The molecule has 1 aromatic carbocycles. The molecule has 2 atom stereocenters. The van der Waals surface area contributed by atoms with Crippen molar-refractivity contribution in [3.8, 4) is 0 Å². The van der Waals surface area contributed by atoms with E-state index in [0.717, 1.165) is 13.0 Å². The summed E-state index contributed by atoms with van der Waals surface area (Å²) >= 11 is 0. The Kier molecular flexibility index (Phi) is 2.87. The van der Waals surface area contributed by atoms with Gasteiger partial charge in [-0.1, -0.05) is 19.1 Å². The lowest BCUT2D eigenvalue weighted by Gasteiger charge is -2.26. The van der Waals surface area contributed by atoms with Crippen LogP contribution in [0.5, 0.6) is 0 Å². The van der Waals surface area contributed by atoms with Gasteiger partial charge in [0, 0.05) is 12.1 Å². The molecule has 19 heavy (non-hydrogen) atoms. The largest absolute Gasteiger partial charge is 0.394 e. The summed E-state index contributed by atoms with van der Waals surface area (Å²) in [4.78, 5) is 2.19. The van der Waals surface area contributed by atoms with Gasteiger partial charge >= 0.3 is 0 Å². The highest BCUT2D eigenvalue weighted by atomic mass is 32.2. The van der Waals surface area contributed by atoms with E-state index < -0.39 is 10.0 Å². The summed E-state index contributed by atoms with van der Waals surface area (Å²) in [5.41, 5.74) is 0.648. The van der Waals surface area contributed by atoms with Gasteiger partial charge < -0.3 is 10.0 Å². The zero-order valence-electron chi connectivity index (χ0n) is 10.7. The van der Waals surface area contributed by atoms with Crippen LogP contribution < -0.4 is 0 Å². The van der Waals surface area contributed by atoms with Crippen LogP contribution in [0.3, 0.4) is 0 Å². The van der Waals surface area contributed by atoms with E-state index in [1.807, 2.05) is 11.0 Å². The number of aliphatic hydroxyl groups is 1. The average molecular weight is 280 g/mol. The molecule has 0 amide bonds. The van der Waals surface area contributed by atoms with Gasteiger partial charge in [-0.15, -0.1) is 4.40 Å². The number of likely N-dealkylation sites (tertiary alicyclic amines) is 1. The van der Waals surface area contributed by atoms with Crippen molar-refractivity contribution in [3.63, 3.8) is 0 Å². The molecule has 0 aromatic heterocycles. The first kappa shape index (κ1) is 12.6. The third-order valence-corrected chi connectivity index (χ3v) is 5.28. The van der Waals surface area contributed by atoms with Crippen molar-refractivity contribution in [2.24, 2.45) is 10.3 Å². The lowest BCUT2D eigenvalue weighted by atomic mass is 10.0. The van der Waals surface area contributed by atoms with Crippen molar-refractivity contribution in [1.29, 1.82) is 0 Å². The van der Waals surface area contributed by atoms with Crippen LogP contribution in [0.2, 0.25) is 0 Å². The molecule has 0 radical (unpaired) electrons. The normalized spacial score (nSPS) is 28.3. The Hall–Kier alpha value is -1.40. The van der Waals surface area contributed by atoms with Crippen LogP contribution >= 0.6 is 0 Å². The van der Waals surface area contributed by atoms with E-state index in [1.165, 1.54) is 0 Å². The first-order valence-electron chi connectivity index (χ1n) is 6.36. The molecule has 5 nitrogen and oxygen atoms in total. The molecule has 1 fully saturated rings. The van der Waals surface area contributed by atoms with Crippen molar-refractivity contribution < 1.29 is 13.5 Å². The minimum atomic E-state index is -3.58. The van der Waals surface area contributed by atoms with Crippen LogP contribution in [0.15, 0.2) is 33.6 Å². The Morgan fingerprint density at radius 1 is 1.42 bits per heavy atom. The number of hydrogen-bond donors (Lipinski definition) is 1. The van der Waals surface area contributed by atoms with Gasteiger partial charge in [0.25, 0.3) is 10.0 Å². The minimum Gasteiger partial charge on any atom is -0.394 e. The predicted molar refractivity (Wildman–Crippen MR) is 71.5 cm³/mol. The zero-order valence-corrected chi connectivity index (χ0v) is 11.5. The Morgan fingerprint density at radius 2 is 2.16 bits per heavy atom. The van der Waals surface area contributed by atoms with E-state index in [2.05, 4.69) is 11.3 Å². The molecule has 0 saturated carbocycles. The molecule has 0 bridgehead atoms. The van der Waals surface area contributed by atoms with Crippen LogP contribution in [0.4, 0.5) is 0 Å². The molecule has 3 rings (SSSR count). The summed E-state index contributed by atoms with van der Waals surface area (Å²) in [6.45, 7) is 2.81. The van der Waals surface area contributed by atoms with Gasteiger partial charge in [0.15, 0.2) is 5.84 Å². The average Bonchev–Trinajstić information content (AvgIpc) is 2.88. The summed E-state index contributed by atoms with van der Waals surface area (Å²) in [7, 11) is -3.58. The van der Waals surface area contributed by atoms with Gasteiger partial charge in [-0.3, -0.25) is 0 Å². The number of sulfonamides is 1. The second-order valence-corrected chi connectivity index (χ2v) is 6.67. The van der Waals surface area contributed by atoms with Gasteiger partial charge in [-0.05, 0) is 24.5 Å². The van der Waals surface area contributed by atoms with E-state index in [9.17, 15) is 13.5 Å². The molecule has 0 spiro atoms. The smallest absolute Gasteiger partial charge is 0.285 e. The summed E-state index contributed by atoms with van der Waals surface area (Å²) < 4.78 is 27.9. The van der Waals surface area contributed by atoms with E-state index in [0.29, 0.717) is 17.3 Å². The molecular formula is C13H16N2O3S. The number of amidine groups is 1. The first-order valence-corrected chi connectivity index (χ1v) is 7.80. The van der Waals surface area contributed by atoms with Crippen LogP contribution in [0, 0.1) is 5.92 Å². The highest BCUT2D eigenvalue weighted by Gasteiger charge is 2.38. The monoisotopic (exact) mass is 280 g/mol. The lowest BCUT2D eigenvalue weighted by Crippen LogP contribution is -2.39. The predicted octanol–water partition coefficient (Wildman–Crippen LogP) is 0.838. The molecule has 1 aromatic rings. The second-order valence-electron chi connectivity index (χ2n) is 5.10. The van der Waals surface area contributed by atoms with Crippen molar-refractivity contribution in [2.75, 3.05) is 13.2 Å². The van der Waals surface area contributed by atoms with Gasteiger partial charge in [0.1, 0.15) is 4.90 Å². The molecule has 2 unspecified atom stereocenters. The molecule has 2 aliphatic heterocycles. The standard InChI is InChI=1S/C13H16N2O3S/c1-9-6-7-15(11(9)8-16)13-10-4-2-3-5-12(10)19(17,18)14-13/h2-5,9,11,16H,6-8H2,1H3. The number of benzene rings is 1. The summed E-state index contributed by atoms with van der Waals surface area (Å²) in [5, 5.41) is 9.50. The van der Waals surface area contributed by atoms with Gasteiger partial charge in [-0.2, -0.15) is 8.42 Å². The molecule has 2 heterocycles. The van der Waals surface area contributed by atoms with E-state index in [-0.39, 0.29) is 17.5 Å². The number of hydrogen-bond acceptors (Lipinski definition) is 4. The zero-order chi connectivity index (χ0) is 13.6. The van der Waals surface area contributed by atoms with Crippen molar-refractivity contribution >= 4 is 15.9 Å². The second kappa shape index (κ2) is 4.31. The van der Waals surface area contributed by atoms with Crippen LogP contribution in [-0.2, 0) is 10.0 Å². The fourth-order valence-electron chi connectivity index (χ4n) is 2.85. The maximum Gasteiger partial charge on any atom is 0.285 e. The van der Waals surface area contributed by atoms with E-state index in [1.54, 1.807) is 18.2 Å². The molecule has 1 saturated heterocycles. The van der Waals surface area contributed by atoms with Crippen LogP contribution in [0.25, 0.3) is 0 Å². The maximum atomic E-state index is 12.0.